The Balaban J connectivity index is 2.18. The molecule has 0 radical (unpaired) electrons. The fourth-order valence-electron chi connectivity index (χ4n) is 2.98. The van der Waals surface area contributed by atoms with Gasteiger partial charge in [-0.05, 0) is 37.6 Å². The number of pyridine rings is 1. The quantitative estimate of drug-likeness (QED) is 0.483. The molecule has 0 saturated heterocycles. The molecule has 146 valence electrons. The highest BCUT2D eigenvalue weighted by Gasteiger charge is 2.11. The van der Waals surface area contributed by atoms with Gasteiger partial charge in [0.25, 0.3) is 0 Å². The zero-order valence-corrected chi connectivity index (χ0v) is 16.6. The molecule has 0 aliphatic rings. The van der Waals surface area contributed by atoms with Crippen LogP contribution in [0.1, 0.15) is 36.9 Å². The monoisotopic (exact) mass is 371 g/mol. The van der Waals surface area contributed by atoms with Crippen molar-refractivity contribution < 1.29 is 18.8 Å². The molecule has 0 amide bonds. The van der Waals surface area contributed by atoms with Crippen LogP contribution in [0.3, 0.4) is 0 Å². The van der Waals surface area contributed by atoms with Crippen molar-refractivity contribution in [1.29, 1.82) is 0 Å². The van der Waals surface area contributed by atoms with Gasteiger partial charge in [0.15, 0.2) is 17.7 Å². The predicted molar refractivity (Wildman–Crippen MR) is 109 cm³/mol. The molecular formula is C22H31N2O3+. The van der Waals surface area contributed by atoms with Gasteiger partial charge in [0.2, 0.25) is 5.69 Å². The lowest BCUT2D eigenvalue weighted by atomic mass is 10.1. The Hall–Kier alpha value is -2.53. The Morgan fingerprint density at radius 2 is 1.56 bits per heavy atom. The van der Waals surface area contributed by atoms with Gasteiger partial charge in [0, 0.05) is 36.3 Å². The number of nitrogens with zero attached hydrogens (tertiary/aromatic N) is 1. The van der Waals surface area contributed by atoms with Crippen LogP contribution >= 0.6 is 0 Å². The van der Waals surface area contributed by atoms with Crippen molar-refractivity contribution in [3.8, 4) is 17.2 Å². The molecule has 5 heteroatoms. The molecule has 1 aromatic heterocycles. The molecule has 2 aromatic rings. The molecule has 2 rings (SSSR count). The van der Waals surface area contributed by atoms with E-state index >= 15 is 0 Å². The average molecular weight is 372 g/mol. The fourth-order valence-corrected chi connectivity index (χ4v) is 2.98. The van der Waals surface area contributed by atoms with Crippen LogP contribution < -0.4 is 24.5 Å². The minimum Gasteiger partial charge on any atom is -0.496 e. The van der Waals surface area contributed by atoms with Crippen molar-refractivity contribution in [2.24, 2.45) is 5.73 Å². The minimum absolute atomic E-state index is 0.652. The number of benzene rings is 1. The van der Waals surface area contributed by atoms with Crippen molar-refractivity contribution in [3.05, 3.63) is 47.8 Å². The first-order valence-electron chi connectivity index (χ1n) is 9.40. The zero-order valence-electron chi connectivity index (χ0n) is 16.6. The molecule has 1 heterocycles. The SMILES string of the molecule is COc1cc(OC)c(OC)cc1/C=C/c1cccc[n+]1CCCCCCN. The van der Waals surface area contributed by atoms with Gasteiger partial charge in [-0.3, -0.25) is 0 Å². The van der Waals surface area contributed by atoms with Crippen molar-refractivity contribution >= 4 is 12.2 Å². The van der Waals surface area contributed by atoms with Crippen LogP contribution in [-0.2, 0) is 6.54 Å². The lowest BCUT2D eigenvalue weighted by Gasteiger charge is -2.12. The van der Waals surface area contributed by atoms with E-state index in [4.69, 9.17) is 19.9 Å². The Labute approximate surface area is 162 Å². The van der Waals surface area contributed by atoms with Crippen molar-refractivity contribution in [2.45, 2.75) is 32.2 Å². The summed E-state index contributed by atoms with van der Waals surface area (Å²) in [6, 6.07) is 10.00. The maximum Gasteiger partial charge on any atom is 0.205 e. The summed E-state index contributed by atoms with van der Waals surface area (Å²) in [5, 5.41) is 0. The number of hydrogen-bond acceptors (Lipinski definition) is 4. The van der Waals surface area contributed by atoms with Crippen molar-refractivity contribution in [3.63, 3.8) is 0 Å². The normalized spacial score (nSPS) is 11.0. The van der Waals surface area contributed by atoms with Gasteiger partial charge in [-0.1, -0.05) is 6.42 Å². The number of aryl methyl sites for hydroxylation is 1. The van der Waals surface area contributed by atoms with Gasteiger partial charge < -0.3 is 19.9 Å². The molecule has 0 atom stereocenters. The van der Waals surface area contributed by atoms with Gasteiger partial charge in [-0.2, -0.15) is 4.57 Å². The summed E-state index contributed by atoms with van der Waals surface area (Å²) in [7, 11) is 4.91. The third-order valence-corrected chi connectivity index (χ3v) is 4.50. The molecule has 0 aliphatic heterocycles. The zero-order chi connectivity index (χ0) is 19.5. The van der Waals surface area contributed by atoms with E-state index in [2.05, 4.69) is 35.0 Å². The summed E-state index contributed by atoms with van der Waals surface area (Å²) < 4.78 is 18.5. The molecule has 2 N–H and O–H groups in total. The van der Waals surface area contributed by atoms with Gasteiger partial charge in [0.05, 0.1) is 21.3 Å². The second-order valence-corrected chi connectivity index (χ2v) is 6.30. The summed E-state index contributed by atoms with van der Waals surface area (Å²) >= 11 is 0. The van der Waals surface area contributed by atoms with Gasteiger partial charge in [-0.25, -0.2) is 0 Å². The highest BCUT2D eigenvalue weighted by Crippen LogP contribution is 2.35. The van der Waals surface area contributed by atoms with Crippen LogP contribution in [0.25, 0.3) is 12.2 Å². The first-order chi connectivity index (χ1) is 13.2. The highest BCUT2D eigenvalue weighted by molar-refractivity contribution is 5.72. The smallest absolute Gasteiger partial charge is 0.205 e. The maximum atomic E-state index is 5.56. The molecule has 0 spiro atoms. The largest absolute Gasteiger partial charge is 0.496 e. The second-order valence-electron chi connectivity index (χ2n) is 6.30. The summed E-state index contributed by atoms with van der Waals surface area (Å²) in [5.41, 5.74) is 7.65. The fraction of sp³-hybridized carbons (Fsp3) is 0.409. The first kappa shape index (κ1) is 20.8. The second kappa shape index (κ2) is 11.2. The van der Waals surface area contributed by atoms with Gasteiger partial charge in [0.1, 0.15) is 12.3 Å². The lowest BCUT2D eigenvalue weighted by molar-refractivity contribution is -0.699. The van der Waals surface area contributed by atoms with Crippen LogP contribution in [0.2, 0.25) is 0 Å². The van der Waals surface area contributed by atoms with E-state index in [1.165, 1.54) is 12.8 Å². The summed E-state index contributed by atoms with van der Waals surface area (Å²) in [5.74, 6) is 2.07. The summed E-state index contributed by atoms with van der Waals surface area (Å²) in [4.78, 5) is 0. The number of aromatic nitrogens is 1. The molecule has 0 unspecified atom stereocenters. The number of rotatable bonds is 11. The minimum atomic E-state index is 0.652. The molecular weight excluding hydrogens is 340 g/mol. The molecule has 27 heavy (non-hydrogen) atoms. The van der Waals surface area contributed by atoms with Gasteiger partial charge >= 0.3 is 0 Å². The van der Waals surface area contributed by atoms with Crippen LogP contribution in [0.4, 0.5) is 0 Å². The van der Waals surface area contributed by atoms with E-state index in [0.29, 0.717) is 11.5 Å². The molecule has 5 nitrogen and oxygen atoms in total. The third kappa shape index (κ3) is 6.00. The van der Waals surface area contributed by atoms with E-state index in [1.807, 2.05) is 18.2 Å². The van der Waals surface area contributed by atoms with Gasteiger partial charge in [-0.15, -0.1) is 0 Å². The van der Waals surface area contributed by atoms with Crippen LogP contribution in [0.15, 0.2) is 36.5 Å². The first-order valence-corrected chi connectivity index (χ1v) is 9.40. The van der Waals surface area contributed by atoms with E-state index < -0.39 is 0 Å². The molecule has 1 aromatic carbocycles. The van der Waals surface area contributed by atoms with Crippen molar-refractivity contribution in [1.82, 2.24) is 0 Å². The van der Waals surface area contributed by atoms with Crippen molar-refractivity contribution in [2.75, 3.05) is 27.9 Å². The van der Waals surface area contributed by atoms with E-state index in [0.717, 1.165) is 42.9 Å². The maximum absolute atomic E-state index is 5.56. The Morgan fingerprint density at radius 1 is 0.852 bits per heavy atom. The van der Waals surface area contributed by atoms with E-state index in [-0.39, 0.29) is 0 Å². The predicted octanol–water partition coefficient (Wildman–Crippen LogP) is 3.69. The number of nitrogens with two attached hydrogens (primary N) is 1. The van der Waals surface area contributed by atoms with E-state index in [1.54, 1.807) is 21.3 Å². The summed E-state index contributed by atoms with van der Waals surface area (Å²) in [6.07, 6.45) is 10.9. The topological polar surface area (TPSA) is 57.6 Å². The summed E-state index contributed by atoms with van der Waals surface area (Å²) in [6.45, 7) is 1.77. The Kier molecular flexibility index (Phi) is 8.65. The Bertz CT molecular complexity index is 744. The highest BCUT2D eigenvalue weighted by atomic mass is 16.5. The molecule has 0 bridgehead atoms. The molecule has 0 saturated carbocycles. The number of methoxy groups -OCH3 is 3. The van der Waals surface area contributed by atoms with E-state index in [9.17, 15) is 0 Å². The standard InChI is InChI=1S/C22H31N2O3/c1-25-20-17-22(27-3)21(26-2)16-18(20)11-12-19-10-6-9-15-24(19)14-8-5-4-7-13-23/h6,9-12,15-17H,4-5,7-8,13-14,23H2,1-3H3/q+1/b12-11+. The van der Waals surface area contributed by atoms with Crippen LogP contribution in [0.5, 0.6) is 17.2 Å². The van der Waals surface area contributed by atoms with Crippen LogP contribution in [0, 0.1) is 0 Å². The van der Waals surface area contributed by atoms with Crippen LogP contribution in [-0.4, -0.2) is 27.9 Å². The molecule has 0 fully saturated rings. The average Bonchev–Trinajstić information content (AvgIpc) is 2.72. The lowest BCUT2D eigenvalue weighted by Crippen LogP contribution is -2.36. The third-order valence-electron chi connectivity index (χ3n) is 4.50. The molecule has 0 aliphatic carbocycles. The number of unbranched alkanes of at least 4 members (excludes halogenated alkanes) is 3. The number of ether oxygens (including phenoxy) is 3. The Morgan fingerprint density at radius 3 is 2.26 bits per heavy atom. The number of hydrogen-bond donors (Lipinski definition) is 1.